The number of hydrogen-bond acceptors (Lipinski definition) is 4. The van der Waals surface area contributed by atoms with E-state index in [1.165, 1.54) is 0 Å². The van der Waals surface area contributed by atoms with Crippen molar-refractivity contribution in [1.82, 2.24) is 9.78 Å². The zero-order chi connectivity index (χ0) is 22.4. The fourth-order valence-electron chi connectivity index (χ4n) is 3.31. The maximum atomic E-state index is 13.8. The fourth-order valence-corrected chi connectivity index (χ4v) is 3.57. The van der Waals surface area contributed by atoms with Gasteiger partial charge in [0, 0.05) is 10.9 Å². The first-order valence-electron chi connectivity index (χ1n) is 8.95. The Balaban J connectivity index is 2.23. The van der Waals surface area contributed by atoms with E-state index in [1.54, 1.807) is 45.0 Å². The van der Waals surface area contributed by atoms with Gasteiger partial charge in [-0.25, -0.2) is 14.3 Å². The summed E-state index contributed by atoms with van der Waals surface area (Å²) >= 11 is 3.27. The Morgan fingerprint density at radius 1 is 1.20 bits per heavy atom. The Morgan fingerprint density at radius 3 is 2.30 bits per heavy atom. The van der Waals surface area contributed by atoms with Crippen molar-refractivity contribution in [3.05, 3.63) is 46.1 Å². The molecule has 1 aliphatic heterocycles. The SMILES string of the molecule is CC(C)(C)OC(=O)N1c2c(C(=O)O)cnn2C(C(F)(F)F)CC1c1ccc(Br)cc1. The number of rotatable bonds is 2. The summed E-state index contributed by atoms with van der Waals surface area (Å²) in [5.41, 5.74) is -1.06. The minimum absolute atomic E-state index is 0.405. The summed E-state index contributed by atoms with van der Waals surface area (Å²) in [7, 11) is 0. The topological polar surface area (TPSA) is 84.7 Å². The van der Waals surface area contributed by atoms with E-state index in [-0.39, 0.29) is 0 Å². The molecule has 2 heterocycles. The second kappa shape index (κ2) is 7.60. The van der Waals surface area contributed by atoms with E-state index >= 15 is 0 Å². The molecule has 1 amide bonds. The highest BCUT2D eigenvalue weighted by atomic mass is 79.9. The molecule has 162 valence electrons. The number of alkyl halides is 3. The number of carboxylic acids is 1. The number of anilines is 1. The highest BCUT2D eigenvalue weighted by Gasteiger charge is 2.51. The maximum Gasteiger partial charge on any atom is 0.416 e. The summed E-state index contributed by atoms with van der Waals surface area (Å²) in [5, 5.41) is 13.2. The molecule has 0 saturated heterocycles. The van der Waals surface area contributed by atoms with Crippen LogP contribution in [0.1, 0.15) is 55.2 Å². The van der Waals surface area contributed by atoms with Crippen LogP contribution in [0.15, 0.2) is 34.9 Å². The summed E-state index contributed by atoms with van der Waals surface area (Å²) in [6.07, 6.45) is -5.39. The second-order valence-electron chi connectivity index (χ2n) is 7.84. The number of ether oxygens (including phenoxy) is 1. The van der Waals surface area contributed by atoms with Crippen LogP contribution < -0.4 is 4.90 Å². The molecule has 0 aliphatic carbocycles. The molecule has 0 fully saturated rings. The van der Waals surface area contributed by atoms with Gasteiger partial charge in [-0.3, -0.25) is 4.90 Å². The predicted molar refractivity (Wildman–Crippen MR) is 104 cm³/mol. The van der Waals surface area contributed by atoms with Gasteiger partial charge in [0.15, 0.2) is 11.9 Å². The minimum Gasteiger partial charge on any atom is -0.477 e. The van der Waals surface area contributed by atoms with E-state index in [0.29, 0.717) is 14.7 Å². The second-order valence-corrected chi connectivity index (χ2v) is 8.76. The first-order valence-corrected chi connectivity index (χ1v) is 9.74. The van der Waals surface area contributed by atoms with Gasteiger partial charge in [0.2, 0.25) is 0 Å². The molecule has 2 atom stereocenters. The van der Waals surface area contributed by atoms with Crippen LogP contribution in [0.25, 0.3) is 0 Å². The molecule has 11 heteroatoms. The number of nitrogens with zero attached hydrogens (tertiary/aromatic N) is 3. The summed E-state index contributed by atoms with van der Waals surface area (Å²) < 4.78 is 48.1. The van der Waals surface area contributed by atoms with Crippen molar-refractivity contribution in [2.24, 2.45) is 0 Å². The van der Waals surface area contributed by atoms with Gasteiger partial charge in [-0.2, -0.15) is 18.3 Å². The minimum atomic E-state index is -4.70. The van der Waals surface area contributed by atoms with Gasteiger partial charge in [-0.15, -0.1) is 0 Å². The van der Waals surface area contributed by atoms with Crippen LogP contribution in [0, 0.1) is 0 Å². The number of carboxylic acid groups (broad SMARTS) is 1. The molecule has 1 N–H and O–H groups in total. The van der Waals surface area contributed by atoms with Gasteiger partial charge in [0.05, 0.1) is 12.2 Å². The number of carbonyl (C=O) groups is 2. The zero-order valence-electron chi connectivity index (χ0n) is 16.3. The first-order chi connectivity index (χ1) is 13.8. The lowest BCUT2D eigenvalue weighted by atomic mass is 9.95. The van der Waals surface area contributed by atoms with Crippen molar-refractivity contribution in [3.63, 3.8) is 0 Å². The third-order valence-corrected chi connectivity index (χ3v) is 5.03. The molecule has 7 nitrogen and oxygen atoms in total. The molecule has 0 radical (unpaired) electrons. The standard InChI is InChI=1S/C19H19BrF3N3O4/c1-18(2,3)30-17(29)25-13(10-4-6-11(20)7-5-10)8-14(19(21,22)23)26-15(25)12(9-24-26)16(27)28/h4-7,9,13-14H,8H2,1-3H3,(H,27,28). The number of aromatic carboxylic acids is 1. The number of amides is 1. The zero-order valence-corrected chi connectivity index (χ0v) is 17.9. The monoisotopic (exact) mass is 489 g/mol. The molecule has 0 bridgehead atoms. The van der Waals surface area contributed by atoms with Crippen molar-refractivity contribution in [1.29, 1.82) is 0 Å². The van der Waals surface area contributed by atoms with Gasteiger partial charge < -0.3 is 9.84 Å². The number of aromatic nitrogens is 2. The van der Waals surface area contributed by atoms with Gasteiger partial charge in [-0.05, 0) is 38.5 Å². The number of carbonyl (C=O) groups excluding carboxylic acids is 1. The Labute approximate surface area is 178 Å². The average molecular weight is 490 g/mol. The molecule has 0 saturated carbocycles. The summed E-state index contributed by atoms with van der Waals surface area (Å²) in [5.74, 6) is -1.96. The molecular formula is C19H19BrF3N3O4. The van der Waals surface area contributed by atoms with Crippen LogP contribution in [0.2, 0.25) is 0 Å². The summed E-state index contributed by atoms with van der Waals surface area (Å²) in [6.45, 7) is 4.83. The molecule has 0 spiro atoms. The maximum absolute atomic E-state index is 13.8. The van der Waals surface area contributed by atoms with Crippen LogP contribution in [-0.2, 0) is 4.74 Å². The lowest BCUT2D eigenvalue weighted by Crippen LogP contribution is -2.47. The molecule has 3 rings (SSSR count). The van der Waals surface area contributed by atoms with Gasteiger partial charge in [0.25, 0.3) is 0 Å². The van der Waals surface area contributed by atoms with Crippen molar-refractivity contribution < 1.29 is 32.6 Å². The number of benzene rings is 1. The highest BCUT2D eigenvalue weighted by Crippen LogP contribution is 2.48. The van der Waals surface area contributed by atoms with E-state index in [4.69, 9.17) is 4.74 Å². The molecule has 2 unspecified atom stereocenters. The van der Waals surface area contributed by atoms with Crippen molar-refractivity contribution in [3.8, 4) is 0 Å². The number of fused-ring (bicyclic) bond motifs is 1. The summed E-state index contributed by atoms with van der Waals surface area (Å²) in [6, 6.07) is 3.21. The Hall–Kier alpha value is -2.56. The molecular weight excluding hydrogens is 471 g/mol. The third-order valence-electron chi connectivity index (χ3n) is 4.50. The molecule has 1 aromatic carbocycles. The predicted octanol–water partition coefficient (Wildman–Crippen LogP) is 5.33. The van der Waals surface area contributed by atoms with Crippen LogP contribution in [0.3, 0.4) is 0 Å². The van der Waals surface area contributed by atoms with E-state index in [1.807, 2.05) is 0 Å². The Morgan fingerprint density at radius 2 is 1.80 bits per heavy atom. The Bertz CT molecular complexity index is 967. The molecule has 1 aliphatic rings. The van der Waals surface area contributed by atoms with E-state index in [0.717, 1.165) is 11.1 Å². The van der Waals surface area contributed by atoms with Crippen LogP contribution in [0.5, 0.6) is 0 Å². The van der Waals surface area contributed by atoms with Crippen LogP contribution in [0.4, 0.5) is 23.8 Å². The van der Waals surface area contributed by atoms with Crippen molar-refractivity contribution >= 4 is 33.8 Å². The van der Waals surface area contributed by atoms with E-state index in [9.17, 15) is 27.9 Å². The number of halogens is 4. The van der Waals surface area contributed by atoms with Gasteiger partial charge >= 0.3 is 18.2 Å². The molecule has 2 aromatic rings. The molecule has 1 aromatic heterocycles. The van der Waals surface area contributed by atoms with Crippen LogP contribution in [-0.4, -0.2) is 38.7 Å². The molecule has 30 heavy (non-hydrogen) atoms. The lowest BCUT2D eigenvalue weighted by molar-refractivity contribution is -0.174. The first kappa shape index (κ1) is 22.1. The van der Waals surface area contributed by atoms with Crippen molar-refractivity contribution in [2.75, 3.05) is 4.90 Å². The Kier molecular flexibility index (Phi) is 5.61. The lowest BCUT2D eigenvalue weighted by Gasteiger charge is -2.41. The smallest absolute Gasteiger partial charge is 0.416 e. The quantitative estimate of drug-likeness (QED) is 0.615. The van der Waals surface area contributed by atoms with Gasteiger partial charge in [0.1, 0.15) is 11.2 Å². The summed E-state index contributed by atoms with van der Waals surface area (Å²) in [4.78, 5) is 25.7. The van der Waals surface area contributed by atoms with Crippen molar-refractivity contribution in [2.45, 2.75) is 51.1 Å². The number of hydrogen-bond donors (Lipinski definition) is 1. The van der Waals surface area contributed by atoms with E-state index < -0.39 is 53.7 Å². The van der Waals surface area contributed by atoms with E-state index in [2.05, 4.69) is 21.0 Å². The highest BCUT2D eigenvalue weighted by molar-refractivity contribution is 9.10. The third kappa shape index (κ3) is 4.30. The average Bonchev–Trinajstić information content (AvgIpc) is 3.03. The van der Waals surface area contributed by atoms with Crippen LogP contribution >= 0.6 is 15.9 Å². The fraction of sp³-hybridized carbons (Fsp3) is 0.421. The largest absolute Gasteiger partial charge is 0.477 e. The normalized spacial score (nSPS) is 19.4. The van der Waals surface area contributed by atoms with Gasteiger partial charge in [-0.1, -0.05) is 28.1 Å².